The van der Waals surface area contributed by atoms with Gasteiger partial charge in [0.2, 0.25) is 10.0 Å². The molecule has 0 unspecified atom stereocenters. The summed E-state index contributed by atoms with van der Waals surface area (Å²) in [6.07, 6.45) is 2.05. The van der Waals surface area contributed by atoms with E-state index in [1.54, 1.807) is 36.4 Å². The van der Waals surface area contributed by atoms with E-state index in [1.807, 2.05) is 0 Å². The first-order valence-electron chi connectivity index (χ1n) is 8.41. The first-order valence-corrected chi connectivity index (χ1v) is 9.85. The van der Waals surface area contributed by atoms with E-state index in [0.717, 1.165) is 22.9 Å². The fourth-order valence-electron chi connectivity index (χ4n) is 2.16. The van der Waals surface area contributed by atoms with Gasteiger partial charge in [0.05, 0.1) is 11.5 Å². The van der Waals surface area contributed by atoms with Gasteiger partial charge in [-0.3, -0.25) is 4.79 Å². The summed E-state index contributed by atoms with van der Waals surface area (Å²) in [4.78, 5) is 12.5. The zero-order valence-corrected chi connectivity index (χ0v) is 16.0. The Morgan fingerprint density at radius 1 is 1.04 bits per heavy atom. The molecule has 1 amide bonds. The summed E-state index contributed by atoms with van der Waals surface area (Å²) in [5.74, 6) is 0.460. The smallest absolute Gasteiger partial charge is 0.255 e. The number of carbonyl (C=O) groups is 1. The van der Waals surface area contributed by atoms with Crippen LogP contribution in [0.5, 0.6) is 5.75 Å². The van der Waals surface area contributed by atoms with Crippen LogP contribution in [0.15, 0.2) is 53.4 Å². The molecule has 0 heterocycles. The third-order valence-corrected chi connectivity index (χ3v) is 5.60. The standard InChI is InChI=1S/C19H24N2O4S/c1-4-5-14-25-17-10-6-15(7-11-17)19(22)20-16-8-12-18(13-9-16)26(23,24)21(2)3/h6-13H,4-5,14H2,1-3H3,(H,20,22). The molecule has 0 aliphatic carbocycles. The molecule has 0 fully saturated rings. The Labute approximate surface area is 154 Å². The first kappa shape index (κ1) is 19.9. The predicted molar refractivity (Wildman–Crippen MR) is 102 cm³/mol. The molecule has 0 aliphatic heterocycles. The lowest BCUT2D eigenvalue weighted by Crippen LogP contribution is -2.22. The van der Waals surface area contributed by atoms with E-state index >= 15 is 0 Å². The van der Waals surface area contributed by atoms with Gasteiger partial charge in [-0.1, -0.05) is 13.3 Å². The zero-order valence-electron chi connectivity index (χ0n) is 15.2. The highest BCUT2D eigenvalue weighted by Gasteiger charge is 2.16. The van der Waals surface area contributed by atoms with Crippen LogP contribution in [0.1, 0.15) is 30.1 Å². The highest BCUT2D eigenvalue weighted by Crippen LogP contribution is 2.18. The van der Waals surface area contributed by atoms with Gasteiger partial charge in [-0.15, -0.1) is 0 Å². The van der Waals surface area contributed by atoms with Crippen LogP contribution in [0.25, 0.3) is 0 Å². The van der Waals surface area contributed by atoms with Gasteiger partial charge < -0.3 is 10.1 Å². The minimum absolute atomic E-state index is 0.175. The average Bonchev–Trinajstić information content (AvgIpc) is 2.63. The maximum Gasteiger partial charge on any atom is 0.255 e. The number of sulfonamides is 1. The van der Waals surface area contributed by atoms with Gasteiger partial charge in [-0.25, -0.2) is 12.7 Å². The van der Waals surface area contributed by atoms with Crippen LogP contribution in [-0.4, -0.2) is 39.3 Å². The number of benzene rings is 2. The maximum absolute atomic E-state index is 12.3. The van der Waals surface area contributed by atoms with Gasteiger partial charge in [0, 0.05) is 25.3 Å². The second kappa shape index (κ2) is 8.82. The van der Waals surface area contributed by atoms with Crippen LogP contribution >= 0.6 is 0 Å². The van der Waals surface area contributed by atoms with E-state index in [9.17, 15) is 13.2 Å². The van der Waals surface area contributed by atoms with Crippen molar-refractivity contribution in [1.82, 2.24) is 4.31 Å². The number of carbonyl (C=O) groups excluding carboxylic acids is 1. The summed E-state index contributed by atoms with van der Waals surface area (Å²) in [5.41, 5.74) is 1.02. The molecule has 0 saturated heterocycles. The number of nitrogens with zero attached hydrogens (tertiary/aromatic N) is 1. The number of hydrogen-bond acceptors (Lipinski definition) is 4. The predicted octanol–water partition coefficient (Wildman–Crippen LogP) is 3.37. The molecule has 0 radical (unpaired) electrons. The van der Waals surface area contributed by atoms with Crippen molar-refractivity contribution < 1.29 is 17.9 Å². The van der Waals surface area contributed by atoms with Crippen LogP contribution < -0.4 is 10.1 Å². The monoisotopic (exact) mass is 376 g/mol. The van der Waals surface area contributed by atoms with Crippen molar-refractivity contribution >= 4 is 21.6 Å². The topological polar surface area (TPSA) is 75.7 Å². The molecule has 0 bridgehead atoms. The van der Waals surface area contributed by atoms with Crippen molar-refractivity contribution in [2.75, 3.05) is 26.0 Å². The average molecular weight is 376 g/mol. The van der Waals surface area contributed by atoms with Gasteiger partial charge in [-0.2, -0.15) is 0 Å². The second-order valence-electron chi connectivity index (χ2n) is 5.99. The van der Waals surface area contributed by atoms with E-state index in [0.29, 0.717) is 17.9 Å². The van der Waals surface area contributed by atoms with Crippen molar-refractivity contribution in [1.29, 1.82) is 0 Å². The van der Waals surface area contributed by atoms with Gasteiger partial charge in [0.15, 0.2) is 0 Å². The number of rotatable bonds is 8. The third kappa shape index (κ3) is 5.06. The number of ether oxygens (including phenoxy) is 1. The fraction of sp³-hybridized carbons (Fsp3) is 0.316. The molecule has 2 rings (SSSR count). The van der Waals surface area contributed by atoms with Crippen molar-refractivity contribution in [3.8, 4) is 5.75 Å². The molecule has 2 aromatic carbocycles. The summed E-state index contributed by atoms with van der Waals surface area (Å²) in [6, 6.07) is 13.0. The quantitative estimate of drug-likeness (QED) is 0.717. The molecule has 0 aliphatic rings. The molecular weight excluding hydrogens is 352 g/mol. The Kier molecular flexibility index (Phi) is 6.76. The molecular formula is C19H24N2O4S. The van der Waals surface area contributed by atoms with Gasteiger partial charge in [-0.05, 0) is 55.0 Å². The normalized spacial score (nSPS) is 11.4. The Hall–Kier alpha value is -2.38. The van der Waals surface area contributed by atoms with Crippen LogP contribution in [0.3, 0.4) is 0 Å². The molecule has 0 aromatic heterocycles. The summed E-state index contributed by atoms with van der Waals surface area (Å²) in [7, 11) is -0.536. The number of hydrogen-bond donors (Lipinski definition) is 1. The molecule has 0 saturated carbocycles. The summed E-state index contributed by atoms with van der Waals surface area (Å²) in [5, 5.41) is 2.75. The van der Waals surface area contributed by atoms with Crippen molar-refractivity contribution in [2.45, 2.75) is 24.7 Å². The summed E-state index contributed by atoms with van der Waals surface area (Å²) in [6.45, 7) is 2.75. The first-order chi connectivity index (χ1) is 12.3. The molecule has 1 N–H and O–H groups in total. The van der Waals surface area contributed by atoms with E-state index < -0.39 is 10.0 Å². The lowest BCUT2D eigenvalue weighted by atomic mass is 10.2. The Morgan fingerprint density at radius 3 is 2.19 bits per heavy atom. The van der Waals surface area contributed by atoms with Gasteiger partial charge in [0.25, 0.3) is 5.91 Å². The van der Waals surface area contributed by atoms with Crippen LogP contribution in [0.2, 0.25) is 0 Å². The summed E-state index contributed by atoms with van der Waals surface area (Å²) >= 11 is 0. The van der Waals surface area contributed by atoms with E-state index in [4.69, 9.17) is 4.74 Å². The highest BCUT2D eigenvalue weighted by atomic mass is 32.2. The lowest BCUT2D eigenvalue weighted by molar-refractivity contribution is 0.102. The molecule has 7 heteroatoms. The Balaban J connectivity index is 2.01. The molecule has 140 valence electrons. The number of nitrogens with one attached hydrogen (secondary N) is 1. The molecule has 26 heavy (non-hydrogen) atoms. The second-order valence-corrected chi connectivity index (χ2v) is 8.14. The SMILES string of the molecule is CCCCOc1ccc(C(=O)Nc2ccc(S(=O)(=O)N(C)C)cc2)cc1. The maximum atomic E-state index is 12.3. The number of amides is 1. The zero-order chi connectivity index (χ0) is 19.2. The fourth-order valence-corrected chi connectivity index (χ4v) is 3.06. The van der Waals surface area contributed by atoms with Crippen molar-refractivity contribution in [2.24, 2.45) is 0 Å². The largest absolute Gasteiger partial charge is 0.494 e. The molecule has 0 atom stereocenters. The minimum atomic E-state index is -3.48. The lowest BCUT2D eigenvalue weighted by Gasteiger charge is -2.12. The minimum Gasteiger partial charge on any atom is -0.494 e. The van der Waals surface area contributed by atoms with E-state index in [-0.39, 0.29) is 10.8 Å². The summed E-state index contributed by atoms with van der Waals surface area (Å²) < 4.78 is 30.8. The van der Waals surface area contributed by atoms with Crippen LogP contribution in [-0.2, 0) is 10.0 Å². The Morgan fingerprint density at radius 2 is 1.65 bits per heavy atom. The van der Waals surface area contributed by atoms with Gasteiger partial charge in [0.1, 0.15) is 5.75 Å². The highest BCUT2D eigenvalue weighted by molar-refractivity contribution is 7.89. The van der Waals surface area contributed by atoms with Gasteiger partial charge >= 0.3 is 0 Å². The molecule has 2 aromatic rings. The van der Waals surface area contributed by atoms with E-state index in [1.165, 1.54) is 26.2 Å². The van der Waals surface area contributed by atoms with Crippen LogP contribution in [0, 0.1) is 0 Å². The number of anilines is 1. The molecule has 6 nitrogen and oxygen atoms in total. The van der Waals surface area contributed by atoms with Crippen LogP contribution in [0.4, 0.5) is 5.69 Å². The van der Waals surface area contributed by atoms with Crippen molar-refractivity contribution in [3.63, 3.8) is 0 Å². The Bertz CT molecular complexity index is 829. The third-order valence-electron chi connectivity index (χ3n) is 3.77. The van der Waals surface area contributed by atoms with E-state index in [2.05, 4.69) is 12.2 Å². The van der Waals surface area contributed by atoms with Crippen molar-refractivity contribution in [3.05, 3.63) is 54.1 Å². The number of unbranched alkanes of at least 4 members (excludes halogenated alkanes) is 1. The molecule has 0 spiro atoms.